The standard InChI is InChI=1S/C23H26ClF3N2O3S/c1-14(17-9-8-16-6-4-5-7-18(16)12-17)28-22(30)15(2)29(33(3,31)32)19-10-11-21(24)20(13-19)23(25,26)27/h8-15H,4-7H2,1-3H3,(H,28,30). The van der Waals surface area contributed by atoms with E-state index in [1.54, 1.807) is 6.92 Å². The molecule has 5 nitrogen and oxygen atoms in total. The predicted octanol–water partition coefficient (Wildman–Crippen LogP) is 5.27. The molecule has 0 saturated heterocycles. The number of carbonyl (C=O) groups is 1. The molecule has 33 heavy (non-hydrogen) atoms. The number of nitrogens with zero attached hydrogens (tertiary/aromatic N) is 1. The number of fused-ring (bicyclic) bond motifs is 1. The zero-order chi connectivity index (χ0) is 24.6. The first-order valence-corrected chi connectivity index (χ1v) is 12.8. The molecule has 1 N–H and O–H groups in total. The van der Waals surface area contributed by atoms with Crippen molar-refractivity contribution in [3.05, 3.63) is 63.7 Å². The number of halogens is 4. The van der Waals surface area contributed by atoms with Gasteiger partial charge in [0.15, 0.2) is 0 Å². The summed E-state index contributed by atoms with van der Waals surface area (Å²) in [7, 11) is -4.09. The third-order valence-electron chi connectivity index (χ3n) is 5.83. The number of rotatable bonds is 6. The molecular formula is C23H26ClF3N2O3S. The van der Waals surface area contributed by atoms with E-state index in [4.69, 9.17) is 11.6 Å². The van der Waals surface area contributed by atoms with Crippen molar-refractivity contribution in [3.8, 4) is 0 Å². The maximum absolute atomic E-state index is 13.3. The smallest absolute Gasteiger partial charge is 0.348 e. The van der Waals surface area contributed by atoms with Crippen molar-refractivity contribution in [3.63, 3.8) is 0 Å². The van der Waals surface area contributed by atoms with Gasteiger partial charge >= 0.3 is 6.18 Å². The largest absolute Gasteiger partial charge is 0.417 e. The van der Waals surface area contributed by atoms with Gasteiger partial charge in [0, 0.05) is 0 Å². The minimum Gasteiger partial charge on any atom is -0.348 e. The SMILES string of the molecule is CC(NC(=O)C(C)N(c1ccc(Cl)c(C(F)(F)F)c1)S(C)(=O)=O)c1ccc2c(c1)CCCC2. The molecule has 0 aromatic heterocycles. The van der Waals surface area contributed by atoms with Crippen molar-refractivity contribution in [2.24, 2.45) is 0 Å². The highest BCUT2D eigenvalue weighted by Gasteiger charge is 2.36. The van der Waals surface area contributed by atoms with E-state index in [2.05, 4.69) is 5.32 Å². The Kier molecular flexibility index (Phi) is 7.33. The quantitative estimate of drug-likeness (QED) is 0.585. The van der Waals surface area contributed by atoms with E-state index in [0.29, 0.717) is 10.4 Å². The second-order valence-corrected chi connectivity index (χ2v) is 10.6. The summed E-state index contributed by atoms with van der Waals surface area (Å²) in [5.74, 6) is -0.630. The highest BCUT2D eigenvalue weighted by atomic mass is 35.5. The van der Waals surface area contributed by atoms with Crippen LogP contribution in [0.3, 0.4) is 0 Å². The van der Waals surface area contributed by atoms with Crippen LogP contribution < -0.4 is 9.62 Å². The van der Waals surface area contributed by atoms with Crippen LogP contribution in [0.15, 0.2) is 36.4 Å². The van der Waals surface area contributed by atoms with Gasteiger partial charge < -0.3 is 5.32 Å². The fourth-order valence-electron chi connectivity index (χ4n) is 4.12. The molecule has 0 saturated carbocycles. The predicted molar refractivity (Wildman–Crippen MR) is 123 cm³/mol. The third-order valence-corrected chi connectivity index (χ3v) is 7.40. The Hall–Kier alpha value is -2.26. The fourth-order valence-corrected chi connectivity index (χ4v) is 5.51. The molecule has 2 unspecified atom stereocenters. The monoisotopic (exact) mass is 502 g/mol. The van der Waals surface area contributed by atoms with Gasteiger partial charge in [-0.05, 0) is 74.4 Å². The topological polar surface area (TPSA) is 66.5 Å². The highest BCUT2D eigenvalue weighted by molar-refractivity contribution is 7.92. The van der Waals surface area contributed by atoms with Crippen molar-refractivity contribution >= 4 is 33.2 Å². The summed E-state index contributed by atoms with van der Waals surface area (Å²) in [6.45, 7) is 3.11. The van der Waals surface area contributed by atoms with E-state index < -0.39 is 44.8 Å². The zero-order valence-corrected chi connectivity index (χ0v) is 20.1. The molecule has 2 atom stereocenters. The van der Waals surface area contributed by atoms with E-state index in [0.717, 1.165) is 49.6 Å². The zero-order valence-electron chi connectivity index (χ0n) is 18.5. The maximum Gasteiger partial charge on any atom is 0.417 e. The van der Waals surface area contributed by atoms with Crippen LogP contribution in [0.2, 0.25) is 5.02 Å². The first-order chi connectivity index (χ1) is 15.3. The number of alkyl halides is 3. The third kappa shape index (κ3) is 5.81. The first kappa shape index (κ1) is 25.4. The second-order valence-electron chi connectivity index (χ2n) is 8.36. The summed E-state index contributed by atoms with van der Waals surface area (Å²) in [6.07, 6.45) is 0.322. The lowest BCUT2D eigenvalue weighted by Crippen LogP contribution is -2.48. The van der Waals surface area contributed by atoms with Crippen LogP contribution in [0.25, 0.3) is 0 Å². The Balaban J connectivity index is 1.86. The Labute approximate surface area is 197 Å². The number of carbonyl (C=O) groups excluding carboxylic acids is 1. The summed E-state index contributed by atoms with van der Waals surface area (Å²) in [5.41, 5.74) is 1.95. The lowest BCUT2D eigenvalue weighted by Gasteiger charge is -2.30. The first-order valence-electron chi connectivity index (χ1n) is 10.6. The van der Waals surface area contributed by atoms with Gasteiger partial charge in [0.25, 0.3) is 0 Å². The molecule has 0 aliphatic heterocycles. The molecule has 2 aromatic carbocycles. The van der Waals surface area contributed by atoms with Gasteiger partial charge in [0.1, 0.15) is 6.04 Å². The summed E-state index contributed by atoms with van der Waals surface area (Å²) < 4.78 is 65.5. The van der Waals surface area contributed by atoms with Gasteiger partial charge in [-0.1, -0.05) is 29.8 Å². The van der Waals surface area contributed by atoms with Crippen molar-refractivity contribution in [2.75, 3.05) is 10.6 Å². The van der Waals surface area contributed by atoms with Gasteiger partial charge in [-0.25, -0.2) is 8.42 Å². The molecular weight excluding hydrogens is 477 g/mol. The van der Waals surface area contributed by atoms with Crippen LogP contribution in [0.4, 0.5) is 18.9 Å². The summed E-state index contributed by atoms with van der Waals surface area (Å²) in [5, 5.41) is 2.23. The van der Waals surface area contributed by atoms with Crippen LogP contribution in [0.5, 0.6) is 0 Å². The number of hydrogen-bond acceptors (Lipinski definition) is 3. The van der Waals surface area contributed by atoms with Crippen molar-refractivity contribution < 1.29 is 26.4 Å². The van der Waals surface area contributed by atoms with E-state index in [9.17, 15) is 26.4 Å². The van der Waals surface area contributed by atoms with E-state index in [-0.39, 0.29) is 5.69 Å². The highest BCUT2D eigenvalue weighted by Crippen LogP contribution is 2.38. The number of anilines is 1. The molecule has 180 valence electrons. The molecule has 1 aliphatic carbocycles. The van der Waals surface area contributed by atoms with Crippen molar-refractivity contribution in [1.29, 1.82) is 0 Å². The van der Waals surface area contributed by atoms with Crippen LogP contribution >= 0.6 is 11.6 Å². The molecule has 0 bridgehead atoms. The van der Waals surface area contributed by atoms with Gasteiger partial charge in [-0.2, -0.15) is 13.2 Å². The van der Waals surface area contributed by atoms with Crippen molar-refractivity contribution in [1.82, 2.24) is 5.32 Å². The Bertz CT molecular complexity index is 1150. The average Bonchev–Trinajstić information content (AvgIpc) is 2.72. The molecule has 0 spiro atoms. The molecule has 0 heterocycles. The van der Waals surface area contributed by atoms with Crippen LogP contribution in [0.1, 0.15) is 55.0 Å². The number of nitrogens with one attached hydrogen (secondary N) is 1. The molecule has 1 amide bonds. The summed E-state index contributed by atoms with van der Waals surface area (Å²) in [4.78, 5) is 13.0. The van der Waals surface area contributed by atoms with Gasteiger partial charge in [-0.15, -0.1) is 0 Å². The van der Waals surface area contributed by atoms with Gasteiger partial charge in [0.2, 0.25) is 15.9 Å². The maximum atomic E-state index is 13.3. The molecule has 0 fully saturated rings. The van der Waals surface area contributed by atoms with E-state index in [1.807, 2.05) is 18.2 Å². The number of amides is 1. The summed E-state index contributed by atoms with van der Waals surface area (Å²) in [6, 6.07) is 7.08. The molecule has 2 aromatic rings. The van der Waals surface area contributed by atoms with Crippen molar-refractivity contribution in [2.45, 2.75) is 57.8 Å². The van der Waals surface area contributed by atoms with E-state index >= 15 is 0 Å². The molecule has 1 aliphatic rings. The summed E-state index contributed by atoms with van der Waals surface area (Å²) >= 11 is 5.66. The van der Waals surface area contributed by atoms with Gasteiger partial charge in [-0.3, -0.25) is 9.10 Å². The average molecular weight is 503 g/mol. The van der Waals surface area contributed by atoms with Crippen LogP contribution in [-0.2, 0) is 33.8 Å². The van der Waals surface area contributed by atoms with E-state index in [1.165, 1.54) is 18.1 Å². The number of sulfonamides is 1. The molecule has 10 heteroatoms. The van der Waals surface area contributed by atoms with Crippen LogP contribution in [0, 0.1) is 0 Å². The number of hydrogen-bond donors (Lipinski definition) is 1. The lowest BCUT2D eigenvalue weighted by atomic mass is 9.89. The molecule has 3 rings (SSSR count). The minimum absolute atomic E-state index is 0.293. The van der Waals surface area contributed by atoms with Crippen LogP contribution in [-0.4, -0.2) is 26.6 Å². The second kappa shape index (κ2) is 9.54. The Morgan fingerprint density at radius 3 is 2.30 bits per heavy atom. The van der Waals surface area contributed by atoms with Gasteiger partial charge in [0.05, 0.1) is 28.6 Å². The number of benzene rings is 2. The Morgan fingerprint density at radius 1 is 1.06 bits per heavy atom. The normalized spacial score (nSPS) is 16.0. The number of aryl methyl sites for hydroxylation is 2. The molecule has 0 radical (unpaired) electrons. The minimum atomic E-state index is -4.78. The Morgan fingerprint density at radius 2 is 1.70 bits per heavy atom. The lowest BCUT2D eigenvalue weighted by molar-refractivity contribution is -0.137. The fraction of sp³-hybridized carbons (Fsp3) is 0.435.